The molecule has 0 amide bonds. The van der Waals surface area contributed by atoms with Crippen LogP contribution in [0.1, 0.15) is 11.1 Å². The Bertz CT molecular complexity index is 3720. The van der Waals surface area contributed by atoms with E-state index >= 15 is 0 Å². The maximum absolute atomic E-state index is 2.48. The van der Waals surface area contributed by atoms with E-state index in [2.05, 4.69) is 275 Å². The minimum atomic E-state index is 1.09. The lowest BCUT2D eigenvalue weighted by atomic mass is 9.95. The van der Waals surface area contributed by atoms with Gasteiger partial charge in [-0.25, -0.2) is 0 Å². The van der Waals surface area contributed by atoms with Crippen molar-refractivity contribution >= 4 is 99.3 Å². The molecule has 0 fully saturated rings. The van der Waals surface area contributed by atoms with Crippen molar-refractivity contribution in [3.63, 3.8) is 0 Å². The van der Waals surface area contributed by atoms with E-state index in [0.717, 1.165) is 67.0 Å². The molecule has 4 heteroatoms. The van der Waals surface area contributed by atoms with Crippen LogP contribution in [0.4, 0.5) is 34.1 Å². The molecule has 4 nitrogen and oxygen atoms in total. The van der Waals surface area contributed by atoms with Gasteiger partial charge in [0.1, 0.15) is 0 Å². The van der Waals surface area contributed by atoms with Crippen molar-refractivity contribution in [3.05, 3.63) is 254 Å². The molecule has 13 rings (SSSR count). The standard InChI is InChI=1S/C64H46N4/c1-43-31-35-59-55(39-43)57-41-49(33-37-61(57)67(59)47-23-11-5-12-24-47)65(45-19-7-3-8-20-45)63-51-27-15-17-29-53(51)64(54-30-18-16-28-52(54)63)66(46-21-9-4-10-22-46)50-34-38-62-58(42-50)56-40-44(2)32-36-60(56)68(62)48-25-13-6-14-26-48/h3-42H,1-2H3. The van der Waals surface area contributed by atoms with Gasteiger partial charge in [0.05, 0.1) is 33.4 Å². The number of anilines is 6. The number of rotatable bonds is 8. The van der Waals surface area contributed by atoms with Gasteiger partial charge >= 0.3 is 0 Å². The highest BCUT2D eigenvalue weighted by molar-refractivity contribution is 6.24. The average Bonchev–Trinajstić information content (AvgIpc) is 3.89. The number of nitrogens with zero attached hydrogens (tertiary/aromatic N) is 4. The van der Waals surface area contributed by atoms with Gasteiger partial charge < -0.3 is 18.9 Å². The number of aryl methyl sites for hydroxylation is 2. The summed E-state index contributed by atoms with van der Waals surface area (Å²) in [7, 11) is 0. The molecule has 0 aliphatic heterocycles. The highest BCUT2D eigenvalue weighted by Gasteiger charge is 2.27. The van der Waals surface area contributed by atoms with Crippen LogP contribution in [0.2, 0.25) is 0 Å². The van der Waals surface area contributed by atoms with E-state index in [4.69, 9.17) is 0 Å². The minimum Gasteiger partial charge on any atom is -0.309 e. The summed E-state index contributed by atoms with van der Waals surface area (Å²) < 4.78 is 4.80. The fourth-order valence-electron chi connectivity index (χ4n) is 10.8. The Balaban J connectivity index is 1.09. The Labute approximate surface area is 395 Å². The molecule has 0 saturated carbocycles. The van der Waals surface area contributed by atoms with Crippen molar-refractivity contribution in [3.8, 4) is 11.4 Å². The van der Waals surface area contributed by atoms with Gasteiger partial charge in [-0.3, -0.25) is 0 Å². The Morgan fingerprint density at radius 2 is 0.544 bits per heavy atom. The molecule has 0 atom stereocenters. The second kappa shape index (κ2) is 15.9. The summed E-state index contributed by atoms with van der Waals surface area (Å²) in [6.45, 7) is 4.37. The summed E-state index contributed by atoms with van der Waals surface area (Å²) in [5.74, 6) is 0. The molecule has 2 aromatic heterocycles. The Hall–Kier alpha value is -8.86. The molecule has 0 aliphatic rings. The molecule has 0 saturated heterocycles. The van der Waals surface area contributed by atoms with Crippen LogP contribution in [0, 0.1) is 13.8 Å². The van der Waals surface area contributed by atoms with Crippen LogP contribution in [-0.4, -0.2) is 9.13 Å². The van der Waals surface area contributed by atoms with Crippen molar-refractivity contribution in [1.29, 1.82) is 0 Å². The lowest BCUT2D eigenvalue weighted by Crippen LogP contribution is -2.14. The average molecular weight is 871 g/mol. The number of fused-ring (bicyclic) bond motifs is 8. The van der Waals surface area contributed by atoms with Gasteiger partial charge in [0.25, 0.3) is 0 Å². The van der Waals surface area contributed by atoms with Crippen molar-refractivity contribution in [2.45, 2.75) is 13.8 Å². The van der Waals surface area contributed by atoms with Gasteiger partial charge in [0, 0.05) is 77.2 Å². The predicted octanol–water partition coefficient (Wildman–Crippen LogP) is 17.7. The fraction of sp³-hybridized carbons (Fsp3) is 0.0312. The van der Waals surface area contributed by atoms with Crippen LogP contribution in [0.5, 0.6) is 0 Å². The first kappa shape index (κ1) is 39.5. The van der Waals surface area contributed by atoms with Gasteiger partial charge in [-0.05, 0) is 123 Å². The number of para-hydroxylation sites is 4. The molecule has 0 spiro atoms. The molecule has 2 heterocycles. The molecular formula is C64H46N4. The normalized spacial score (nSPS) is 11.7. The van der Waals surface area contributed by atoms with E-state index in [1.165, 1.54) is 54.7 Å². The third-order valence-electron chi connectivity index (χ3n) is 13.7. The molecule has 68 heavy (non-hydrogen) atoms. The van der Waals surface area contributed by atoms with Crippen molar-refractivity contribution in [2.75, 3.05) is 9.80 Å². The van der Waals surface area contributed by atoms with E-state index in [1.54, 1.807) is 0 Å². The highest BCUT2D eigenvalue weighted by Crippen LogP contribution is 2.52. The number of hydrogen-bond acceptors (Lipinski definition) is 2. The van der Waals surface area contributed by atoms with E-state index in [1.807, 2.05) is 0 Å². The zero-order chi connectivity index (χ0) is 45.3. The largest absolute Gasteiger partial charge is 0.309 e. The monoisotopic (exact) mass is 870 g/mol. The molecule has 322 valence electrons. The van der Waals surface area contributed by atoms with Crippen LogP contribution < -0.4 is 9.80 Å². The first-order chi connectivity index (χ1) is 33.6. The van der Waals surface area contributed by atoms with E-state index < -0.39 is 0 Å². The summed E-state index contributed by atoms with van der Waals surface area (Å²) in [5, 5.41) is 9.54. The van der Waals surface area contributed by atoms with Crippen LogP contribution >= 0.6 is 0 Å². The molecule has 0 unspecified atom stereocenters. The molecule has 0 bridgehead atoms. The van der Waals surface area contributed by atoms with Crippen LogP contribution in [0.15, 0.2) is 243 Å². The lowest BCUT2D eigenvalue weighted by Gasteiger charge is -2.33. The Kier molecular flexibility index (Phi) is 9.26. The Morgan fingerprint density at radius 3 is 0.897 bits per heavy atom. The zero-order valence-corrected chi connectivity index (χ0v) is 37.9. The minimum absolute atomic E-state index is 1.09. The summed E-state index contributed by atoms with van der Waals surface area (Å²) >= 11 is 0. The molecule has 13 aromatic rings. The number of aromatic nitrogens is 2. The fourth-order valence-corrected chi connectivity index (χ4v) is 10.8. The van der Waals surface area contributed by atoms with E-state index in [0.29, 0.717) is 0 Å². The van der Waals surface area contributed by atoms with E-state index in [-0.39, 0.29) is 0 Å². The second-order valence-corrected chi connectivity index (χ2v) is 17.9. The summed E-state index contributed by atoms with van der Waals surface area (Å²) in [6.07, 6.45) is 0. The summed E-state index contributed by atoms with van der Waals surface area (Å²) in [4.78, 5) is 4.96. The third kappa shape index (κ3) is 6.29. The number of benzene rings is 11. The van der Waals surface area contributed by atoms with Gasteiger partial charge in [0.15, 0.2) is 0 Å². The SMILES string of the molecule is Cc1ccc2c(c1)c1cc(N(c3ccccc3)c3c4ccccc4c(N(c4ccccc4)c4ccc5c(c4)c4cc(C)ccc4n5-c4ccccc4)c4ccccc34)ccc1n2-c1ccccc1. The Morgan fingerprint density at radius 1 is 0.250 bits per heavy atom. The molecule has 11 aromatic carbocycles. The summed E-state index contributed by atoms with van der Waals surface area (Å²) in [6, 6.07) is 88.8. The van der Waals surface area contributed by atoms with Crippen LogP contribution in [0.25, 0.3) is 76.5 Å². The molecule has 0 N–H and O–H groups in total. The quantitative estimate of drug-likeness (QED) is 0.112. The first-order valence-corrected chi connectivity index (χ1v) is 23.4. The topological polar surface area (TPSA) is 16.3 Å². The molecular weight excluding hydrogens is 825 g/mol. The third-order valence-corrected chi connectivity index (χ3v) is 13.7. The predicted molar refractivity (Wildman–Crippen MR) is 289 cm³/mol. The van der Waals surface area contributed by atoms with E-state index in [9.17, 15) is 0 Å². The van der Waals surface area contributed by atoms with Crippen molar-refractivity contribution in [1.82, 2.24) is 9.13 Å². The molecule has 0 radical (unpaired) electrons. The lowest BCUT2D eigenvalue weighted by molar-refractivity contribution is 1.18. The number of hydrogen-bond donors (Lipinski definition) is 0. The van der Waals surface area contributed by atoms with Gasteiger partial charge in [-0.1, -0.05) is 145 Å². The second-order valence-electron chi connectivity index (χ2n) is 17.9. The maximum Gasteiger partial charge on any atom is 0.0619 e. The molecule has 0 aliphatic carbocycles. The summed E-state index contributed by atoms with van der Waals surface area (Å²) in [5.41, 5.74) is 16.2. The van der Waals surface area contributed by atoms with Crippen molar-refractivity contribution < 1.29 is 0 Å². The zero-order valence-electron chi connectivity index (χ0n) is 37.9. The maximum atomic E-state index is 2.48. The highest BCUT2D eigenvalue weighted by atomic mass is 15.2. The van der Waals surface area contributed by atoms with Crippen molar-refractivity contribution in [2.24, 2.45) is 0 Å². The van der Waals surface area contributed by atoms with Gasteiger partial charge in [-0.15, -0.1) is 0 Å². The van der Waals surface area contributed by atoms with Crippen LogP contribution in [-0.2, 0) is 0 Å². The first-order valence-electron chi connectivity index (χ1n) is 23.4. The van der Waals surface area contributed by atoms with Gasteiger partial charge in [-0.2, -0.15) is 0 Å². The smallest absolute Gasteiger partial charge is 0.0619 e. The van der Waals surface area contributed by atoms with Gasteiger partial charge in [0.2, 0.25) is 0 Å². The van der Waals surface area contributed by atoms with Crippen LogP contribution in [0.3, 0.4) is 0 Å².